The van der Waals surface area contributed by atoms with Crippen molar-refractivity contribution in [3.63, 3.8) is 0 Å². The van der Waals surface area contributed by atoms with E-state index in [9.17, 15) is 15.3 Å². The maximum atomic E-state index is 9.49. The first-order valence-electron chi connectivity index (χ1n) is 4.53. The minimum absolute atomic E-state index is 0.363. The molecule has 0 bridgehead atoms. The summed E-state index contributed by atoms with van der Waals surface area (Å²) in [6, 6.07) is 0. The van der Waals surface area contributed by atoms with Gasteiger partial charge in [0.05, 0.1) is 12.7 Å². The van der Waals surface area contributed by atoms with E-state index in [1.807, 2.05) is 0 Å². The molecule has 5 nitrogen and oxygen atoms in total. The van der Waals surface area contributed by atoms with Gasteiger partial charge in [-0.15, -0.1) is 6.58 Å². The van der Waals surface area contributed by atoms with E-state index in [2.05, 4.69) is 6.58 Å². The zero-order chi connectivity index (χ0) is 10.7. The van der Waals surface area contributed by atoms with Crippen LogP contribution in [-0.4, -0.2) is 57.6 Å². The molecular formula is C9H16O5. The lowest BCUT2D eigenvalue weighted by Crippen LogP contribution is -2.58. The van der Waals surface area contributed by atoms with Crippen molar-refractivity contribution in [3.05, 3.63) is 12.7 Å². The Labute approximate surface area is 82.3 Å². The standard InChI is InChI=1S/C9H16O5/c1-2-3-5-7(11)9(13)8(12)6(4-10)14-5/h2,5-13H,1,3-4H2/t5-,6-,7+,8-,9-/m1/s1. The third kappa shape index (κ3) is 2.13. The van der Waals surface area contributed by atoms with Crippen LogP contribution in [0.1, 0.15) is 6.42 Å². The lowest BCUT2D eigenvalue weighted by atomic mass is 9.94. The second-order valence-electron chi connectivity index (χ2n) is 3.39. The molecule has 5 atom stereocenters. The van der Waals surface area contributed by atoms with Gasteiger partial charge in [0.1, 0.15) is 24.4 Å². The van der Waals surface area contributed by atoms with E-state index in [1.54, 1.807) is 6.08 Å². The van der Waals surface area contributed by atoms with Crippen LogP contribution in [0.25, 0.3) is 0 Å². The molecule has 0 aromatic rings. The van der Waals surface area contributed by atoms with Gasteiger partial charge in [-0.1, -0.05) is 6.08 Å². The number of hydrogen-bond acceptors (Lipinski definition) is 5. The van der Waals surface area contributed by atoms with E-state index in [0.717, 1.165) is 0 Å². The summed E-state index contributed by atoms with van der Waals surface area (Å²) < 4.78 is 5.19. The molecule has 0 aromatic carbocycles. The quantitative estimate of drug-likeness (QED) is 0.416. The molecule has 1 fully saturated rings. The Morgan fingerprint density at radius 3 is 2.14 bits per heavy atom. The molecule has 5 heteroatoms. The predicted molar refractivity (Wildman–Crippen MR) is 48.6 cm³/mol. The second kappa shape index (κ2) is 4.86. The molecule has 0 aromatic heterocycles. The Bertz CT molecular complexity index is 194. The van der Waals surface area contributed by atoms with Gasteiger partial charge in [0.15, 0.2) is 0 Å². The zero-order valence-corrected chi connectivity index (χ0v) is 7.78. The summed E-state index contributed by atoms with van der Waals surface area (Å²) >= 11 is 0. The van der Waals surface area contributed by atoms with E-state index in [1.165, 1.54) is 0 Å². The Morgan fingerprint density at radius 2 is 1.64 bits per heavy atom. The van der Waals surface area contributed by atoms with Crippen molar-refractivity contribution in [2.24, 2.45) is 0 Å². The fourth-order valence-corrected chi connectivity index (χ4v) is 1.54. The Morgan fingerprint density at radius 1 is 1.07 bits per heavy atom. The Balaban J connectivity index is 2.67. The summed E-state index contributed by atoms with van der Waals surface area (Å²) in [6.07, 6.45) is -3.25. The van der Waals surface area contributed by atoms with Crippen molar-refractivity contribution in [2.45, 2.75) is 36.9 Å². The minimum Gasteiger partial charge on any atom is -0.394 e. The van der Waals surface area contributed by atoms with Crippen molar-refractivity contribution in [1.29, 1.82) is 0 Å². The molecular weight excluding hydrogens is 188 g/mol. The van der Waals surface area contributed by atoms with E-state index in [0.29, 0.717) is 6.42 Å². The molecule has 1 rings (SSSR count). The average molecular weight is 204 g/mol. The van der Waals surface area contributed by atoms with Gasteiger partial charge in [-0.25, -0.2) is 0 Å². The summed E-state index contributed by atoms with van der Waals surface area (Å²) in [5, 5.41) is 37.1. The second-order valence-corrected chi connectivity index (χ2v) is 3.39. The van der Waals surface area contributed by atoms with E-state index >= 15 is 0 Å². The molecule has 0 saturated carbocycles. The number of ether oxygens (including phenoxy) is 1. The molecule has 1 aliphatic rings. The fourth-order valence-electron chi connectivity index (χ4n) is 1.54. The van der Waals surface area contributed by atoms with Crippen LogP contribution in [0.15, 0.2) is 12.7 Å². The third-order valence-electron chi connectivity index (χ3n) is 2.39. The number of hydrogen-bond donors (Lipinski definition) is 4. The first-order valence-corrected chi connectivity index (χ1v) is 4.53. The van der Waals surface area contributed by atoms with E-state index in [-0.39, 0.29) is 0 Å². The molecule has 1 saturated heterocycles. The molecule has 14 heavy (non-hydrogen) atoms. The van der Waals surface area contributed by atoms with Crippen LogP contribution in [-0.2, 0) is 4.74 Å². The number of rotatable bonds is 3. The molecule has 4 N–H and O–H groups in total. The van der Waals surface area contributed by atoms with Crippen LogP contribution in [0.2, 0.25) is 0 Å². The lowest BCUT2D eigenvalue weighted by molar-refractivity contribution is -0.227. The normalized spacial score (nSPS) is 43.6. The Kier molecular flexibility index (Phi) is 4.03. The molecule has 0 amide bonds. The van der Waals surface area contributed by atoms with Crippen molar-refractivity contribution in [1.82, 2.24) is 0 Å². The van der Waals surface area contributed by atoms with Crippen molar-refractivity contribution >= 4 is 0 Å². The summed E-state index contributed by atoms with van der Waals surface area (Å²) in [6.45, 7) is 3.10. The summed E-state index contributed by atoms with van der Waals surface area (Å²) in [5.41, 5.74) is 0. The highest BCUT2D eigenvalue weighted by Crippen LogP contribution is 2.22. The van der Waals surface area contributed by atoms with Gasteiger partial charge in [0.2, 0.25) is 0 Å². The molecule has 0 unspecified atom stereocenters. The van der Waals surface area contributed by atoms with Crippen LogP contribution in [0.4, 0.5) is 0 Å². The predicted octanol–water partition coefficient (Wildman–Crippen LogP) is -1.60. The SMILES string of the molecule is C=CC[C@H]1O[C@H](CO)[C@@H](O)[C@H](O)[C@H]1O. The van der Waals surface area contributed by atoms with E-state index < -0.39 is 37.1 Å². The molecule has 1 heterocycles. The molecule has 1 aliphatic heterocycles. The van der Waals surface area contributed by atoms with Gasteiger partial charge < -0.3 is 25.2 Å². The maximum Gasteiger partial charge on any atom is 0.111 e. The van der Waals surface area contributed by atoms with Crippen LogP contribution in [0.5, 0.6) is 0 Å². The van der Waals surface area contributed by atoms with E-state index in [4.69, 9.17) is 9.84 Å². The smallest absolute Gasteiger partial charge is 0.111 e. The molecule has 0 radical (unpaired) electrons. The monoisotopic (exact) mass is 204 g/mol. The highest BCUT2D eigenvalue weighted by Gasteiger charge is 2.42. The van der Waals surface area contributed by atoms with Gasteiger partial charge >= 0.3 is 0 Å². The molecule has 0 aliphatic carbocycles. The number of aliphatic hydroxyl groups excluding tert-OH is 4. The zero-order valence-electron chi connectivity index (χ0n) is 7.78. The largest absolute Gasteiger partial charge is 0.394 e. The van der Waals surface area contributed by atoms with Crippen LogP contribution in [0, 0.1) is 0 Å². The van der Waals surface area contributed by atoms with Crippen molar-refractivity contribution < 1.29 is 25.2 Å². The fraction of sp³-hybridized carbons (Fsp3) is 0.778. The van der Waals surface area contributed by atoms with Crippen molar-refractivity contribution in [2.75, 3.05) is 6.61 Å². The highest BCUT2D eigenvalue weighted by molar-refractivity contribution is 4.94. The van der Waals surface area contributed by atoms with Crippen LogP contribution in [0.3, 0.4) is 0 Å². The van der Waals surface area contributed by atoms with Crippen LogP contribution < -0.4 is 0 Å². The number of aliphatic hydroxyl groups is 4. The molecule has 82 valence electrons. The first kappa shape index (κ1) is 11.6. The van der Waals surface area contributed by atoms with Gasteiger partial charge in [-0.2, -0.15) is 0 Å². The third-order valence-corrected chi connectivity index (χ3v) is 2.39. The van der Waals surface area contributed by atoms with Gasteiger partial charge in [0.25, 0.3) is 0 Å². The highest BCUT2D eigenvalue weighted by atomic mass is 16.5. The van der Waals surface area contributed by atoms with Gasteiger partial charge in [0, 0.05) is 0 Å². The maximum absolute atomic E-state index is 9.49. The summed E-state index contributed by atoms with van der Waals surface area (Å²) in [4.78, 5) is 0. The summed E-state index contributed by atoms with van der Waals surface area (Å²) in [7, 11) is 0. The summed E-state index contributed by atoms with van der Waals surface area (Å²) in [5.74, 6) is 0. The first-order chi connectivity index (χ1) is 6.61. The van der Waals surface area contributed by atoms with Gasteiger partial charge in [-0.3, -0.25) is 0 Å². The molecule has 0 spiro atoms. The minimum atomic E-state index is -1.29. The van der Waals surface area contributed by atoms with Crippen molar-refractivity contribution in [3.8, 4) is 0 Å². The van der Waals surface area contributed by atoms with Crippen LogP contribution >= 0.6 is 0 Å². The topological polar surface area (TPSA) is 90.2 Å². The Hall–Kier alpha value is -0.460. The lowest BCUT2D eigenvalue weighted by Gasteiger charge is -2.39. The average Bonchev–Trinajstić information content (AvgIpc) is 2.19. The van der Waals surface area contributed by atoms with Gasteiger partial charge in [-0.05, 0) is 6.42 Å².